The van der Waals surface area contributed by atoms with Crippen LogP contribution in [-0.2, 0) is 16.2 Å². The van der Waals surface area contributed by atoms with Crippen LogP contribution in [0.1, 0.15) is 31.4 Å². The van der Waals surface area contributed by atoms with Gasteiger partial charge in [0.05, 0.1) is 28.7 Å². The first-order valence-electron chi connectivity index (χ1n) is 7.74. The van der Waals surface area contributed by atoms with Gasteiger partial charge in [-0.1, -0.05) is 0 Å². The highest BCUT2D eigenvalue weighted by Crippen LogP contribution is 2.33. The Morgan fingerprint density at radius 1 is 1.25 bits per heavy atom. The van der Waals surface area contributed by atoms with Crippen molar-refractivity contribution in [2.75, 3.05) is 18.8 Å². The van der Waals surface area contributed by atoms with Crippen molar-refractivity contribution in [1.82, 2.24) is 13.9 Å². The molecule has 132 valence electrons. The Morgan fingerprint density at radius 3 is 2.50 bits per heavy atom. The summed E-state index contributed by atoms with van der Waals surface area (Å²) in [7, 11) is -3.19. The van der Waals surface area contributed by atoms with Crippen molar-refractivity contribution in [3.63, 3.8) is 0 Å². The third kappa shape index (κ3) is 3.14. The molecule has 0 N–H and O–H groups in total. The molecule has 1 saturated heterocycles. The molecule has 0 spiro atoms. The Kier molecular flexibility index (Phi) is 4.33. The standard InChI is InChI=1S/C15H18F3N3O2S/c1-2-24(22,23)20-7-5-12(6-8-20)21-10-19-13-9-11(15(16,17)18)3-4-14(13)21/h3-4,9-10,12H,2,5-8H2,1H3. The molecule has 2 aromatic rings. The quantitative estimate of drug-likeness (QED) is 0.844. The van der Waals surface area contributed by atoms with Crippen LogP contribution >= 0.6 is 0 Å². The maximum Gasteiger partial charge on any atom is 0.416 e. The number of imidazole rings is 1. The van der Waals surface area contributed by atoms with Crippen LogP contribution in [0.15, 0.2) is 24.5 Å². The highest BCUT2D eigenvalue weighted by atomic mass is 32.2. The number of halogens is 3. The number of alkyl halides is 3. The first-order valence-corrected chi connectivity index (χ1v) is 9.35. The Bertz CT molecular complexity index is 837. The molecule has 0 atom stereocenters. The van der Waals surface area contributed by atoms with E-state index in [9.17, 15) is 21.6 Å². The number of aromatic nitrogens is 2. The van der Waals surface area contributed by atoms with Crippen molar-refractivity contribution in [1.29, 1.82) is 0 Å². The van der Waals surface area contributed by atoms with Gasteiger partial charge < -0.3 is 4.57 Å². The molecule has 3 rings (SSSR count). The fraction of sp³-hybridized carbons (Fsp3) is 0.533. The first-order chi connectivity index (χ1) is 11.2. The van der Waals surface area contributed by atoms with E-state index in [0.717, 1.165) is 12.1 Å². The summed E-state index contributed by atoms with van der Waals surface area (Å²) in [5.74, 6) is 0.0753. The van der Waals surface area contributed by atoms with E-state index >= 15 is 0 Å². The predicted molar refractivity (Wildman–Crippen MR) is 84.0 cm³/mol. The van der Waals surface area contributed by atoms with Crippen LogP contribution < -0.4 is 0 Å². The third-order valence-corrected chi connectivity index (χ3v) is 6.36. The zero-order valence-corrected chi connectivity index (χ0v) is 13.9. The molecule has 2 heterocycles. The minimum absolute atomic E-state index is 0.0371. The molecule has 1 aromatic carbocycles. The van der Waals surface area contributed by atoms with E-state index in [1.54, 1.807) is 13.3 Å². The van der Waals surface area contributed by atoms with E-state index in [4.69, 9.17) is 0 Å². The molecule has 24 heavy (non-hydrogen) atoms. The number of hydrogen-bond donors (Lipinski definition) is 0. The molecule has 0 radical (unpaired) electrons. The predicted octanol–water partition coefficient (Wildman–Crippen LogP) is 3.04. The van der Waals surface area contributed by atoms with Crippen LogP contribution in [0.5, 0.6) is 0 Å². The average Bonchev–Trinajstić information content (AvgIpc) is 2.97. The Labute approximate surface area is 138 Å². The average molecular weight is 361 g/mol. The van der Waals surface area contributed by atoms with Crippen LogP contribution in [0.2, 0.25) is 0 Å². The smallest absolute Gasteiger partial charge is 0.327 e. The van der Waals surface area contributed by atoms with Crippen LogP contribution in [-0.4, -0.2) is 41.1 Å². The summed E-state index contributed by atoms with van der Waals surface area (Å²) < 4.78 is 65.4. The fourth-order valence-electron chi connectivity index (χ4n) is 3.08. The number of hydrogen-bond acceptors (Lipinski definition) is 3. The summed E-state index contributed by atoms with van der Waals surface area (Å²) in [5, 5.41) is 0. The van der Waals surface area contributed by atoms with Gasteiger partial charge in [0.2, 0.25) is 10.0 Å². The van der Waals surface area contributed by atoms with Crippen molar-refractivity contribution in [3.05, 3.63) is 30.1 Å². The fourth-order valence-corrected chi connectivity index (χ4v) is 4.21. The lowest BCUT2D eigenvalue weighted by Crippen LogP contribution is -2.39. The Morgan fingerprint density at radius 2 is 1.92 bits per heavy atom. The summed E-state index contributed by atoms with van der Waals surface area (Å²) in [6, 6.07) is 3.56. The van der Waals surface area contributed by atoms with Crippen LogP contribution in [0.25, 0.3) is 11.0 Å². The first kappa shape index (κ1) is 17.2. The van der Waals surface area contributed by atoms with Gasteiger partial charge in [-0.3, -0.25) is 0 Å². The number of sulfonamides is 1. The lowest BCUT2D eigenvalue weighted by molar-refractivity contribution is -0.137. The van der Waals surface area contributed by atoms with Gasteiger partial charge in [-0.2, -0.15) is 13.2 Å². The molecule has 1 aromatic heterocycles. The summed E-state index contributed by atoms with van der Waals surface area (Å²) in [5.41, 5.74) is 0.220. The third-order valence-electron chi connectivity index (χ3n) is 4.48. The molecule has 1 fully saturated rings. The highest BCUT2D eigenvalue weighted by molar-refractivity contribution is 7.89. The van der Waals surface area contributed by atoms with E-state index in [2.05, 4.69) is 4.98 Å². The SMILES string of the molecule is CCS(=O)(=O)N1CCC(n2cnc3cc(C(F)(F)F)ccc32)CC1. The lowest BCUT2D eigenvalue weighted by Gasteiger charge is -2.31. The topological polar surface area (TPSA) is 55.2 Å². The zero-order valence-electron chi connectivity index (χ0n) is 13.1. The molecule has 0 saturated carbocycles. The molecule has 1 aliphatic heterocycles. The molecular formula is C15H18F3N3O2S. The van der Waals surface area contributed by atoms with Gasteiger partial charge in [-0.15, -0.1) is 0 Å². The number of piperidine rings is 1. The molecule has 0 aliphatic carbocycles. The highest BCUT2D eigenvalue weighted by Gasteiger charge is 2.32. The summed E-state index contributed by atoms with van der Waals surface area (Å²) in [4.78, 5) is 4.08. The molecule has 9 heteroatoms. The van der Waals surface area contributed by atoms with E-state index in [1.807, 2.05) is 4.57 Å². The summed E-state index contributed by atoms with van der Waals surface area (Å²) in [6.45, 7) is 2.45. The van der Waals surface area contributed by atoms with Crippen molar-refractivity contribution in [2.45, 2.75) is 32.0 Å². The number of nitrogens with zero attached hydrogens (tertiary/aromatic N) is 3. The van der Waals surface area contributed by atoms with Gasteiger partial charge in [-0.05, 0) is 38.0 Å². The van der Waals surface area contributed by atoms with Crippen molar-refractivity contribution >= 4 is 21.1 Å². The monoisotopic (exact) mass is 361 g/mol. The number of benzene rings is 1. The van der Waals surface area contributed by atoms with Gasteiger partial charge >= 0.3 is 6.18 Å². The van der Waals surface area contributed by atoms with Crippen LogP contribution in [0, 0.1) is 0 Å². The minimum Gasteiger partial charge on any atom is -0.327 e. The van der Waals surface area contributed by atoms with E-state index in [-0.39, 0.29) is 11.8 Å². The van der Waals surface area contributed by atoms with Crippen molar-refractivity contribution in [3.8, 4) is 0 Å². The maximum absolute atomic E-state index is 12.8. The van der Waals surface area contributed by atoms with Crippen molar-refractivity contribution in [2.24, 2.45) is 0 Å². The van der Waals surface area contributed by atoms with Gasteiger partial charge in [0.25, 0.3) is 0 Å². The molecule has 5 nitrogen and oxygen atoms in total. The van der Waals surface area contributed by atoms with Gasteiger partial charge in [0.15, 0.2) is 0 Å². The molecule has 1 aliphatic rings. The second kappa shape index (κ2) is 6.03. The summed E-state index contributed by atoms with van der Waals surface area (Å²) in [6.07, 6.45) is -1.62. The molecule has 0 amide bonds. The lowest BCUT2D eigenvalue weighted by atomic mass is 10.1. The normalized spacial score (nSPS) is 18.3. The van der Waals surface area contributed by atoms with Crippen LogP contribution in [0.4, 0.5) is 13.2 Å². The second-order valence-electron chi connectivity index (χ2n) is 5.88. The van der Waals surface area contributed by atoms with Gasteiger partial charge in [0.1, 0.15) is 0 Å². The van der Waals surface area contributed by atoms with Gasteiger partial charge in [0, 0.05) is 19.1 Å². The number of fused-ring (bicyclic) bond motifs is 1. The largest absolute Gasteiger partial charge is 0.416 e. The van der Waals surface area contributed by atoms with E-state index < -0.39 is 21.8 Å². The molecule has 0 unspecified atom stereocenters. The van der Waals surface area contributed by atoms with Gasteiger partial charge in [-0.25, -0.2) is 17.7 Å². The van der Waals surface area contributed by atoms with E-state index in [0.29, 0.717) is 37.0 Å². The van der Waals surface area contributed by atoms with Crippen molar-refractivity contribution < 1.29 is 21.6 Å². The number of rotatable bonds is 3. The molecular weight excluding hydrogens is 343 g/mol. The zero-order chi connectivity index (χ0) is 17.5. The Hall–Kier alpha value is -1.61. The summed E-state index contributed by atoms with van der Waals surface area (Å²) >= 11 is 0. The second-order valence-corrected chi connectivity index (χ2v) is 8.14. The maximum atomic E-state index is 12.8. The van der Waals surface area contributed by atoms with E-state index in [1.165, 1.54) is 10.4 Å². The Balaban J connectivity index is 1.82. The minimum atomic E-state index is -4.39. The molecule has 0 bridgehead atoms. The van der Waals surface area contributed by atoms with Crippen LogP contribution in [0.3, 0.4) is 0 Å².